The van der Waals surface area contributed by atoms with Crippen LogP contribution in [-0.2, 0) is 13.1 Å². The van der Waals surface area contributed by atoms with E-state index in [2.05, 4.69) is 57.1 Å². The van der Waals surface area contributed by atoms with Crippen molar-refractivity contribution < 1.29 is 4.74 Å². The highest BCUT2D eigenvalue weighted by Gasteiger charge is 2.01. The zero-order valence-electron chi connectivity index (χ0n) is 15.7. The van der Waals surface area contributed by atoms with Crippen molar-refractivity contribution in [1.29, 1.82) is 0 Å². The number of benzene rings is 1. The summed E-state index contributed by atoms with van der Waals surface area (Å²) in [6, 6.07) is 12.3. The molecule has 144 valence electrons. The van der Waals surface area contributed by atoms with Crippen molar-refractivity contribution in [2.24, 2.45) is 4.99 Å². The minimum atomic E-state index is 0. The number of guanidine groups is 1. The quantitative estimate of drug-likeness (QED) is 0.322. The van der Waals surface area contributed by atoms with Gasteiger partial charge in [0.05, 0.1) is 13.1 Å². The van der Waals surface area contributed by atoms with Crippen LogP contribution in [0, 0.1) is 0 Å². The van der Waals surface area contributed by atoms with Crippen LogP contribution in [0.4, 0.5) is 0 Å². The zero-order chi connectivity index (χ0) is 17.9. The third-order valence-electron chi connectivity index (χ3n) is 3.48. The van der Waals surface area contributed by atoms with Crippen LogP contribution in [-0.4, -0.2) is 44.7 Å². The minimum Gasteiger partial charge on any atom is -0.492 e. The molecule has 0 radical (unpaired) electrons. The van der Waals surface area contributed by atoms with Crippen molar-refractivity contribution >= 4 is 41.3 Å². The molecule has 2 aromatic rings. The van der Waals surface area contributed by atoms with Crippen LogP contribution in [0.15, 0.2) is 46.8 Å². The molecule has 2 rings (SSSR count). The van der Waals surface area contributed by atoms with Gasteiger partial charge in [-0.15, -0.1) is 35.3 Å². The maximum atomic E-state index is 5.79. The van der Waals surface area contributed by atoms with Crippen LogP contribution >= 0.6 is 35.3 Å². The Kier molecular flexibility index (Phi) is 11.3. The number of nitrogens with zero attached hydrogens (tertiary/aromatic N) is 2. The van der Waals surface area contributed by atoms with E-state index in [1.54, 1.807) is 11.3 Å². The molecule has 1 aromatic carbocycles. The van der Waals surface area contributed by atoms with Gasteiger partial charge >= 0.3 is 0 Å². The Labute approximate surface area is 177 Å². The number of aliphatic imine (C=N–C) groups is 1. The van der Waals surface area contributed by atoms with Gasteiger partial charge in [-0.1, -0.05) is 18.2 Å². The zero-order valence-corrected chi connectivity index (χ0v) is 18.8. The molecule has 5 nitrogen and oxygen atoms in total. The largest absolute Gasteiger partial charge is 0.492 e. The van der Waals surface area contributed by atoms with Crippen LogP contribution in [0.5, 0.6) is 5.75 Å². The summed E-state index contributed by atoms with van der Waals surface area (Å²) in [5.41, 5.74) is 1.13. The molecule has 0 unspecified atom stereocenters. The normalized spacial score (nSPS) is 11.2. The van der Waals surface area contributed by atoms with Gasteiger partial charge in [0.15, 0.2) is 5.96 Å². The van der Waals surface area contributed by atoms with Gasteiger partial charge in [-0.2, -0.15) is 0 Å². The molecule has 2 N–H and O–H groups in total. The highest BCUT2D eigenvalue weighted by molar-refractivity contribution is 14.0. The van der Waals surface area contributed by atoms with Gasteiger partial charge in [-0.3, -0.25) is 0 Å². The van der Waals surface area contributed by atoms with E-state index in [9.17, 15) is 0 Å². The molecule has 26 heavy (non-hydrogen) atoms. The third kappa shape index (κ3) is 8.86. The average Bonchev–Trinajstić information content (AvgIpc) is 3.11. The first-order valence-corrected chi connectivity index (χ1v) is 9.46. The number of nitrogens with one attached hydrogen (secondary N) is 2. The predicted octanol–water partition coefficient (Wildman–Crippen LogP) is 3.56. The SMILES string of the molecule is CCNC(=NCc1cccc(OCCN(C)C)c1)NCc1cccs1.I. The molecule has 0 aliphatic heterocycles. The lowest BCUT2D eigenvalue weighted by Crippen LogP contribution is -2.36. The van der Waals surface area contributed by atoms with E-state index < -0.39 is 0 Å². The monoisotopic (exact) mass is 488 g/mol. The van der Waals surface area contributed by atoms with Crippen molar-refractivity contribution in [3.8, 4) is 5.75 Å². The fourth-order valence-corrected chi connectivity index (χ4v) is 2.82. The maximum Gasteiger partial charge on any atom is 0.191 e. The van der Waals surface area contributed by atoms with Gasteiger partial charge in [-0.25, -0.2) is 4.99 Å². The first kappa shape index (κ1) is 22.7. The van der Waals surface area contributed by atoms with Gasteiger partial charge in [0.25, 0.3) is 0 Å². The van der Waals surface area contributed by atoms with Gasteiger partial charge in [0.2, 0.25) is 0 Å². The van der Waals surface area contributed by atoms with E-state index in [0.29, 0.717) is 13.2 Å². The molecule has 0 atom stereocenters. The smallest absolute Gasteiger partial charge is 0.191 e. The molecule has 0 aliphatic carbocycles. The fraction of sp³-hybridized carbons (Fsp3) is 0.421. The van der Waals surface area contributed by atoms with Crippen molar-refractivity contribution in [2.45, 2.75) is 20.0 Å². The highest BCUT2D eigenvalue weighted by atomic mass is 127. The Hall–Kier alpha value is -1.32. The average molecular weight is 488 g/mol. The van der Waals surface area contributed by atoms with Crippen molar-refractivity contribution in [2.75, 3.05) is 33.8 Å². The molecule has 0 fully saturated rings. The minimum absolute atomic E-state index is 0. The third-order valence-corrected chi connectivity index (χ3v) is 4.36. The van der Waals surface area contributed by atoms with Crippen molar-refractivity contribution in [3.05, 3.63) is 52.2 Å². The lowest BCUT2D eigenvalue weighted by Gasteiger charge is -2.12. The topological polar surface area (TPSA) is 48.9 Å². The molecule has 0 bridgehead atoms. The number of likely N-dealkylation sites (N-methyl/N-ethyl adjacent to an activating group) is 1. The predicted molar refractivity (Wildman–Crippen MR) is 122 cm³/mol. The van der Waals surface area contributed by atoms with Gasteiger partial charge in [0, 0.05) is 18.0 Å². The number of hydrogen-bond acceptors (Lipinski definition) is 4. The highest BCUT2D eigenvalue weighted by Crippen LogP contribution is 2.14. The van der Waals surface area contributed by atoms with E-state index in [4.69, 9.17) is 4.74 Å². The molecule has 0 saturated heterocycles. The molecule has 7 heteroatoms. The summed E-state index contributed by atoms with van der Waals surface area (Å²) in [6.07, 6.45) is 0. The number of rotatable bonds is 9. The number of thiophene rings is 1. The molecule has 0 aliphatic rings. The Bertz CT molecular complexity index is 647. The van der Waals surface area contributed by atoms with Crippen LogP contribution in [0.1, 0.15) is 17.4 Å². The maximum absolute atomic E-state index is 5.79. The van der Waals surface area contributed by atoms with Crippen LogP contribution in [0.2, 0.25) is 0 Å². The van der Waals surface area contributed by atoms with Crippen molar-refractivity contribution in [3.63, 3.8) is 0 Å². The van der Waals surface area contributed by atoms with Crippen LogP contribution in [0.3, 0.4) is 0 Å². The first-order valence-electron chi connectivity index (χ1n) is 8.58. The summed E-state index contributed by atoms with van der Waals surface area (Å²) < 4.78 is 5.79. The number of halogens is 1. The molecule has 1 aromatic heterocycles. The molecular weight excluding hydrogens is 459 g/mol. The molecule has 0 spiro atoms. The lowest BCUT2D eigenvalue weighted by molar-refractivity contribution is 0.261. The Morgan fingerprint density at radius 1 is 1.19 bits per heavy atom. The summed E-state index contributed by atoms with van der Waals surface area (Å²) in [5.74, 6) is 1.72. The van der Waals surface area contributed by atoms with Gasteiger partial charge < -0.3 is 20.3 Å². The molecular formula is C19H29IN4OS. The second kappa shape index (κ2) is 12.9. The van der Waals surface area contributed by atoms with E-state index in [0.717, 1.165) is 36.9 Å². The Morgan fingerprint density at radius 3 is 2.73 bits per heavy atom. The first-order chi connectivity index (χ1) is 12.2. The molecule has 0 amide bonds. The Morgan fingerprint density at radius 2 is 2.04 bits per heavy atom. The van der Waals surface area contributed by atoms with E-state index in [1.807, 2.05) is 26.2 Å². The van der Waals surface area contributed by atoms with Gasteiger partial charge in [-0.05, 0) is 50.2 Å². The number of hydrogen-bond donors (Lipinski definition) is 2. The summed E-state index contributed by atoms with van der Waals surface area (Å²) in [6.45, 7) is 5.90. The Balaban J connectivity index is 0.00000338. The summed E-state index contributed by atoms with van der Waals surface area (Å²) in [4.78, 5) is 8.07. The lowest BCUT2D eigenvalue weighted by atomic mass is 10.2. The van der Waals surface area contributed by atoms with Crippen LogP contribution < -0.4 is 15.4 Å². The summed E-state index contributed by atoms with van der Waals surface area (Å²) >= 11 is 1.74. The van der Waals surface area contributed by atoms with Crippen molar-refractivity contribution in [1.82, 2.24) is 15.5 Å². The fourth-order valence-electron chi connectivity index (χ4n) is 2.18. The number of ether oxygens (including phenoxy) is 1. The second-order valence-electron chi connectivity index (χ2n) is 5.93. The van der Waals surface area contributed by atoms with E-state index in [1.165, 1.54) is 4.88 Å². The second-order valence-corrected chi connectivity index (χ2v) is 6.96. The van der Waals surface area contributed by atoms with Gasteiger partial charge in [0.1, 0.15) is 12.4 Å². The van der Waals surface area contributed by atoms with E-state index >= 15 is 0 Å². The summed E-state index contributed by atoms with van der Waals surface area (Å²) in [7, 11) is 4.08. The van der Waals surface area contributed by atoms with E-state index in [-0.39, 0.29) is 24.0 Å². The summed E-state index contributed by atoms with van der Waals surface area (Å²) in [5, 5.41) is 8.74. The molecule has 1 heterocycles. The van der Waals surface area contributed by atoms with Crippen LogP contribution in [0.25, 0.3) is 0 Å². The molecule has 0 saturated carbocycles. The standard InChI is InChI=1S/C19H28N4OS.HI/c1-4-20-19(22-15-18-9-6-12-25-18)21-14-16-7-5-8-17(13-16)24-11-10-23(2)3;/h5-9,12-13H,4,10-11,14-15H2,1-3H3,(H2,20,21,22);1H.